The summed E-state index contributed by atoms with van der Waals surface area (Å²) in [6, 6.07) is 3.51. The van der Waals surface area contributed by atoms with Crippen LogP contribution in [0.5, 0.6) is 0 Å². The summed E-state index contributed by atoms with van der Waals surface area (Å²) in [6.45, 7) is 2.16. The minimum atomic E-state index is -0.411. The topological polar surface area (TPSA) is 38.0 Å². The third-order valence-corrected chi connectivity index (χ3v) is 6.55. The Kier molecular flexibility index (Phi) is 5.50. The first-order valence-corrected chi connectivity index (χ1v) is 8.35. The fourth-order valence-corrected chi connectivity index (χ4v) is 5.24. The first-order valence-electron chi connectivity index (χ1n) is 6.25. The Morgan fingerprint density at radius 2 is 2.11 bits per heavy atom. The Morgan fingerprint density at radius 1 is 1.37 bits per heavy atom. The van der Waals surface area contributed by atoms with Crippen LogP contribution < -0.4 is 11.3 Å². The molecule has 3 atom stereocenters. The summed E-state index contributed by atoms with van der Waals surface area (Å²) in [6.07, 6.45) is 0.405. The Bertz CT molecular complexity index is 431. The van der Waals surface area contributed by atoms with Crippen LogP contribution in [0.4, 0.5) is 8.78 Å². The second-order valence-electron chi connectivity index (χ2n) is 4.62. The van der Waals surface area contributed by atoms with Gasteiger partial charge in [-0.1, -0.05) is 6.92 Å². The predicted octanol–water partition coefficient (Wildman–Crippen LogP) is 2.58. The number of thioether (sulfide) groups is 2. The van der Waals surface area contributed by atoms with Crippen LogP contribution in [0.3, 0.4) is 0 Å². The molecule has 3 unspecified atom stereocenters. The van der Waals surface area contributed by atoms with Crippen LogP contribution in [-0.2, 0) is 6.42 Å². The van der Waals surface area contributed by atoms with Crippen molar-refractivity contribution in [3.8, 4) is 0 Å². The zero-order valence-corrected chi connectivity index (χ0v) is 12.4. The molecule has 2 rings (SSSR count). The van der Waals surface area contributed by atoms with Crippen molar-refractivity contribution in [1.29, 1.82) is 0 Å². The van der Waals surface area contributed by atoms with Crippen molar-refractivity contribution in [3.63, 3.8) is 0 Å². The highest BCUT2D eigenvalue weighted by atomic mass is 32.2. The van der Waals surface area contributed by atoms with E-state index >= 15 is 0 Å². The third-order valence-electron chi connectivity index (χ3n) is 3.30. The lowest BCUT2D eigenvalue weighted by Gasteiger charge is -2.34. The van der Waals surface area contributed by atoms with E-state index in [9.17, 15) is 8.78 Å². The molecule has 1 aliphatic rings. The van der Waals surface area contributed by atoms with Gasteiger partial charge in [-0.15, -0.1) is 0 Å². The molecule has 0 spiro atoms. The van der Waals surface area contributed by atoms with Crippen molar-refractivity contribution in [3.05, 3.63) is 35.4 Å². The van der Waals surface area contributed by atoms with E-state index in [2.05, 4.69) is 12.3 Å². The van der Waals surface area contributed by atoms with Crippen molar-refractivity contribution < 1.29 is 8.78 Å². The summed E-state index contributed by atoms with van der Waals surface area (Å²) in [4.78, 5) is 0. The van der Waals surface area contributed by atoms with Crippen LogP contribution in [0.1, 0.15) is 12.5 Å². The quantitative estimate of drug-likeness (QED) is 0.662. The van der Waals surface area contributed by atoms with Gasteiger partial charge in [-0.05, 0) is 30.2 Å². The van der Waals surface area contributed by atoms with E-state index in [1.807, 2.05) is 23.5 Å². The molecule has 1 saturated heterocycles. The smallest absolute Gasteiger partial charge is 0.126 e. The Hall–Kier alpha value is -0.300. The molecular weight excluding hydrogens is 286 g/mol. The maximum Gasteiger partial charge on any atom is 0.126 e. The molecule has 1 aromatic rings. The van der Waals surface area contributed by atoms with E-state index < -0.39 is 5.82 Å². The second-order valence-corrected chi connectivity index (χ2v) is 7.40. The van der Waals surface area contributed by atoms with Crippen molar-refractivity contribution >= 4 is 23.5 Å². The average molecular weight is 304 g/mol. The van der Waals surface area contributed by atoms with Crippen LogP contribution in [-0.4, -0.2) is 28.0 Å². The highest BCUT2D eigenvalue weighted by Crippen LogP contribution is 2.34. The molecule has 0 aliphatic carbocycles. The minimum Gasteiger partial charge on any atom is -0.271 e. The van der Waals surface area contributed by atoms with Crippen LogP contribution >= 0.6 is 23.5 Å². The molecule has 0 bridgehead atoms. The Labute approximate surface area is 120 Å². The van der Waals surface area contributed by atoms with Gasteiger partial charge in [0.15, 0.2) is 0 Å². The molecule has 1 aromatic carbocycles. The van der Waals surface area contributed by atoms with Gasteiger partial charge in [0.1, 0.15) is 11.6 Å². The summed E-state index contributed by atoms with van der Waals surface area (Å²) in [5.74, 6) is 7.04. The van der Waals surface area contributed by atoms with Gasteiger partial charge in [0.05, 0.1) is 0 Å². The maximum absolute atomic E-state index is 13.7. The highest BCUT2D eigenvalue weighted by molar-refractivity contribution is 8.07. The molecule has 2 nitrogen and oxygen atoms in total. The normalized spacial score (nSPS) is 25.3. The lowest BCUT2D eigenvalue weighted by atomic mass is 10.0. The Balaban J connectivity index is 2.11. The summed E-state index contributed by atoms with van der Waals surface area (Å²) in [5.41, 5.74) is 3.15. The molecule has 1 fully saturated rings. The molecule has 0 aromatic heterocycles. The van der Waals surface area contributed by atoms with E-state index in [0.717, 1.165) is 17.6 Å². The molecule has 0 radical (unpaired) electrons. The van der Waals surface area contributed by atoms with Gasteiger partial charge < -0.3 is 0 Å². The average Bonchev–Trinajstić information content (AvgIpc) is 2.41. The number of nitrogens with two attached hydrogens (primary N) is 1. The van der Waals surface area contributed by atoms with E-state index in [-0.39, 0.29) is 11.9 Å². The second kappa shape index (κ2) is 6.92. The largest absolute Gasteiger partial charge is 0.271 e. The lowest BCUT2D eigenvalue weighted by molar-refractivity contribution is 0.486. The van der Waals surface area contributed by atoms with Crippen molar-refractivity contribution in [2.75, 3.05) is 11.5 Å². The summed E-state index contributed by atoms with van der Waals surface area (Å²) in [5, 5.41) is 0.767. The zero-order valence-electron chi connectivity index (χ0n) is 10.7. The number of hydrazine groups is 1. The number of rotatable bonds is 4. The SMILES string of the molecule is CC1SCCSC1C(Cc1cc(F)ccc1F)NN. The van der Waals surface area contributed by atoms with Gasteiger partial charge in [-0.3, -0.25) is 11.3 Å². The van der Waals surface area contributed by atoms with Crippen molar-refractivity contribution in [2.45, 2.75) is 29.9 Å². The predicted molar refractivity (Wildman–Crippen MR) is 79.3 cm³/mol. The molecule has 3 N–H and O–H groups in total. The summed E-state index contributed by atoms with van der Waals surface area (Å²) in [7, 11) is 0. The zero-order chi connectivity index (χ0) is 13.8. The lowest BCUT2D eigenvalue weighted by Crippen LogP contribution is -2.48. The van der Waals surface area contributed by atoms with Gasteiger partial charge >= 0.3 is 0 Å². The molecule has 0 amide bonds. The number of halogens is 2. The Morgan fingerprint density at radius 3 is 2.79 bits per heavy atom. The van der Waals surface area contributed by atoms with Gasteiger partial charge in [0, 0.05) is 28.0 Å². The van der Waals surface area contributed by atoms with E-state index in [1.165, 1.54) is 12.1 Å². The molecule has 0 saturated carbocycles. The number of nitrogens with one attached hydrogen (secondary N) is 1. The molecule has 1 heterocycles. The van der Waals surface area contributed by atoms with Crippen LogP contribution in [0.15, 0.2) is 18.2 Å². The maximum atomic E-state index is 13.7. The van der Waals surface area contributed by atoms with Gasteiger partial charge in [0.25, 0.3) is 0 Å². The minimum absolute atomic E-state index is 0.0518. The standard InChI is InChI=1S/C13H18F2N2S2/c1-8-13(19-5-4-18-8)12(17-16)7-9-6-10(14)2-3-11(9)15/h2-3,6,8,12-13,17H,4-5,7,16H2,1H3. The molecule has 19 heavy (non-hydrogen) atoms. The van der Waals surface area contributed by atoms with E-state index in [0.29, 0.717) is 22.5 Å². The van der Waals surface area contributed by atoms with E-state index in [1.54, 1.807) is 0 Å². The summed E-state index contributed by atoms with van der Waals surface area (Å²) < 4.78 is 26.9. The summed E-state index contributed by atoms with van der Waals surface area (Å²) >= 11 is 3.76. The molecular formula is C13H18F2N2S2. The molecule has 1 aliphatic heterocycles. The van der Waals surface area contributed by atoms with Crippen LogP contribution in [0.25, 0.3) is 0 Å². The monoisotopic (exact) mass is 304 g/mol. The number of hydrogen-bond donors (Lipinski definition) is 2. The third kappa shape index (κ3) is 3.84. The fourth-order valence-electron chi connectivity index (χ4n) is 2.30. The number of benzene rings is 1. The fraction of sp³-hybridized carbons (Fsp3) is 0.538. The molecule has 6 heteroatoms. The molecule has 106 valence electrons. The van der Waals surface area contributed by atoms with Gasteiger partial charge in [-0.25, -0.2) is 8.78 Å². The van der Waals surface area contributed by atoms with E-state index in [4.69, 9.17) is 5.84 Å². The highest BCUT2D eigenvalue weighted by Gasteiger charge is 2.30. The first kappa shape index (κ1) is 15.1. The van der Waals surface area contributed by atoms with Gasteiger partial charge in [-0.2, -0.15) is 23.5 Å². The van der Waals surface area contributed by atoms with Crippen molar-refractivity contribution in [2.24, 2.45) is 5.84 Å². The first-order chi connectivity index (χ1) is 9.11. The van der Waals surface area contributed by atoms with Crippen LogP contribution in [0, 0.1) is 11.6 Å². The van der Waals surface area contributed by atoms with Crippen molar-refractivity contribution in [1.82, 2.24) is 5.43 Å². The van der Waals surface area contributed by atoms with Crippen LogP contribution in [0.2, 0.25) is 0 Å². The van der Waals surface area contributed by atoms with Gasteiger partial charge in [0.2, 0.25) is 0 Å². The number of hydrogen-bond acceptors (Lipinski definition) is 4.